The van der Waals surface area contributed by atoms with Crippen molar-refractivity contribution in [2.75, 3.05) is 0 Å². The molecule has 0 radical (unpaired) electrons. The topological polar surface area (TPSA) is 73.8 Å². The molecule has 0 fully saturated rings. The van der Waals surface area contributed by atoms with Crippen molar-refractivity contribution in [2.45, 2.75) is 6.92 Å². The molecule has 0 spiro atoms. The first-order chi connectivity index (χ1) is 8.27. The van der Waals surface area contributed by atoms with Gasteiger partial charge in [0.15, 0.2) is 5.52 Å². The predicted molar refractivity (Wildman–Crippen MR) is 59.3 cm³/mol. The average molecular weight is 228 g/mol. The second kappa shape index (κ2) is 3.51. The molecule has 0 aliphatic heterocycles. The van der Waals surface area contributed by atoms with Crippen LogP contribution in [0.15, 0.2) is 34.9 Å². The number of carbonyl (C=O) groups is 1. The Bertz CT molecular complexity index is 684. The van der Waals surface area contributed by atoms with Crippen LogP contribution in [0.1, 0.15) is 11.7 Å². The molecule has 0 atom stereocenters. The molecule has 0 amide bonds. The lowest BCUT2D eigenvalue weighted by Crippen LogP contribution is -2.06. The van der Waals surface area contributed by atoms with E-state index in [2.05, 4.69) is 15.5 Å². The van der Waals surface area contributed by atoms with Gasteiger partial charge in [-0.1, -0.05) is 40.7 Å². The van der Waals surface area contributed by atoms with Gasteiger partial charge < -0.3 is 4.52 Å². The van der Waals surface area contributed by atoms with Gasteiger partial charge in [-0.2, -0.15) is 0 Å². The van der Waals surface area contributed by atoms with Gasteiger partial charge in [0.25, 0.3) is 5.71 Å². The van der Waals surface area contributed by atoms with Crippen molar-refractivity contribution < 1.29 is 9.32 Å². The Balaban J connectivity index is 2.23. The van der Waals surface area contributed by atoms with Gasteiger partial charge in [-0.3, -0.25) is 4.79 Å². The van der Waals surface area contributed by atoms with E-state index in [1.165, 1.54) is 6.92 Å². The van der Waals surface area contributed by atoms with Crippen molar-refractivity contribution in [2.24, 2.45) is 0 Å². The van der Waals surface area contributed by atoms with E-state index >= 15 is 0 Å². The van der Waals surface area contributed by atoms with Gasteiger partial charge in [0.1, 0.15) is 5.69 Å². The van der Waals surface area contributed by atoms with Gasteiger partial charge in [-0.05, 0) is 0 Å². The summed E-state index contributed by atoms with van der Waals surface area (Å²) >= 11 is 0. The number of aromatic nitrogens is 4. The summed E-state index contributed by atoms with van der Waals surface area (Å²) in [6.45, 7) is 1.39. The van der Waals surface area contributed by atoms with Gasteiger partial charge in [0.05, 0.1) is 0 Å². The van der Waals surface area contributed by atoms with E-state index in [1.807, 2.05) is 30.3 Å². The highest BCUT2D eigenvalue weighted by Crippen LogP contribution is 2.25. The molecule has 0 aliphatic rings. The van der Waals surface area contributed by atoms with E-state index in [-0.39, 0.29) is 11.6 Å². The maximum atomic E-state index is 11.2. The highest BCUT2D eigenvalue weighted by atomic mass is 16.5. The van der Waals surface area contributed by atoms with Crippen molar-refractivity contribution in [3.8, 4) is 11.3 Å². The molecule has 2 aromatic heterocycles. The molecule has 6 nitrogen and oxygen atoms in total. The quantitative estimate of drug-likeness (QED) is 0.634. The molecule has 0 saturated carbocycles. The summed E-state index contributed by atoms with van der Waals surface area (Å²) in [5.74, 6) is -0.261. The normalized spacial score (nSPS) is 10.9. The van der Waals surface area contributed by atoms with Crippen LogP contribution in [0.4, 0.5) is 0 Å². The molecule has 6 heteroatoms. The molecule has 2 heterocycles. The minimum atomic E-state index is -0.261. The van der Waals surface area contributed by atoms with Crippen molar-refractivity contribution in [3.05, 3.63) is 30.3 Å². The molecule has 0 bridgehead atoms. The van der Waals surface area contributed by atoms with Gasteiger partial charge in [0.2, 0.25) is 5.91 Å². The summed E-state index contributed by atoms with van der Waals surface area (Å²) in [4.78, 5) is 11.2. The predicted octanol–water partition coefficient (Wildman–Crippen LogP) is 1.75. The van der Waals surface area contributed by atoms with E-state index in [9.17, 15) is 4.79 Å². The van der Waals surface area contributed by atoms with Crippen LogP contribution in [0.3, 0.4) is 0 Å². The van der Waals surface area contributed by atoms with Gasteiger partial charge in [0, 0.05) is 12.5 Å². The van der Waals surface area contributed by atoms with Crippen LogP contribution in [-0.4, -0.2) is 26.1 Å². The zero-order chi connectivity index (χ0) is 11.8. The van der Waals surface area contributed by atoms with Crippen LogP contribution in [-0.2, 0) is 0 Å². The smallest absolute Gasteiger partial charge is 0.284 e. The molecular weight excluding hydrogens is 220 g/mol. The first-order valence-electron chi connectivity index (χ1n) is 5.05. The number of hydrogen-bond acceptors (Lipinski definition) is 5. The fourth-order valence-corrected chi connectivity index (χ4v) is 1.63. The lowest BCUT2D eigenvalue weighted by Gasteiger charge is -1.91. The van der Waals surface area contributed by atoms with E-state index in [1.54, 1.807) is 0 Å². The lowest BCUT2D eigenvalue weighted by atomic mass is 10.1. The minimum absolute atomic E-state index is 0.261. The second-order valence-electron chi connectivity index (χ2n) is 3.57. The van der Waals surface area contributed by atoms with Crippen LogP contribution < -0.4 is 0 Å². The molecule has 3 aromatic rings. The monoisotopic (exact) mass is 228 g/mol. The molecule has 1 aromatic carbocycles. The third-order valence-electron chi connectivity index (χ3n) is 2.42. The van der Waals surface area contributed by atoms with Crippen LogP contribution in [0.25, 0.3) is 22.5 Å². The summed E-state index contributed by atoms with van der Waals surface area (Å²) in [7, 11) is 0. The summed E-state index contributed by atoms with van der Waals surface area (Å²) in [6.07, 6.45) is 0. The van der Waals surface area contributed by atoms with E-state index in [0.29, 0.717) is 11.2 Å². The Morgan fingerprint density at radius 1 is 1.29 bits per heavy atom. The number of hydrogen-bond donors (Lipinski definition) is 0. The van der Waals surface area contributed by atoms with Crippen LogP contribution >= 0.6 is 0 Å². The number of nitrogens with zero attached hydrogens (tertiary/aromatic N) is 4. The number of carbonyl (C=O) groups excluding carboxylic acids is 1. The molecule has 17 heavy (non-hydrogen) atoms. The Hall–Kier alpha value is -2.50. The molecule has 0 unspecified atom stereocenters. The van der Waals surface area contributed by atoms with Crippen molar-refractivity contribution in [1.29, 1.82) is 0 Å². The SMILES string of the molecule is CC(=O)n1nnc2c(-c3ccccc3)noc21. The zero-order valence-electron chi connectivity index (χ0n) is 8.99. The second-order valence-corrected chi connectivity index (χ2v) is 3.57. The Morgan fingerprint density at radius 2 is 2.06 bits per heavy atom. The van der Waals surface area contributed by atoms with E-state index in [0.717, 1.165) is 10.2 Å². The molecule has 0 saturated heterocycles. The average Bonchev–Trinajstić information content (AvgIpc) is 2.89. The molecule has 3 rings (SSSR count). The summed E-state index contributed by atoms with van der Waals surface area (Å²) < 4.78 is 6.20. The third kappa shape index (κ3) is 1.42. The Labute approximate surface area is 95.8 Å². The number of fused-ring (bicyclic) bond motifs is 1. The van der Waals surface area contributed by atoms with E-state index < -0.39 is 0 Å². The Morgan fingerprint density at radius 3 is 2.76 bits per heavy atom. The van der Waals surface area contributed by atoms with Crippen LogP contribution in [0.5, 0.6) is 0 Å². The van der Waals surface area contributed by atoms with Crippen molar-refractivity contribution >= 4 is 17.1 Å². The van der Waals surface area contributed by atoms with Gasteiger partial charge >= 0.3 is 0 Å². The van der Waals surface area contributed by atoms with Gasteiger partial charge in [-0.25, -0.2) is 0 Å². The largest absolute Gasteiger partial charge is 0.333 e. The zero-order valence-corrected chi connectivity index (χ0v) is 8.99. The maximum Gasteiger partial charge on any atom is 0.284 e. The Kier molecular flexibility index (Phi) is 2.01. The highest BCUT2D eigenvalue weighted by Gasteiger charge is 2.18. The first-order valence-corrected chi connectivity index (χ1v) is 5.05. The lowest BCUT2D eigenvalue weighted by molar-refractivity contribution is 0.0919. The fraction of sp³-hybridized carbons (Fsp3) is 0.0909. The molecule has 84 valence electrons. The summed E-state index contributed by atoms with van der Waals surface area (Å²) in [5, 5.41) is 11.6. The molecular formula is C11H8N4O2. The summed E-state index contributed by atoms with van der Waals surface area (Å²) in [6, 6.07) is 9.48. The maximum absolute atomic E-state index is 11.2. The van der Waals surface area contributed by atoms with Crippen LogP contribution in [0.2, 0.25) is 0 Å². The minimum Gasteiger partial charge on any atom is -0.333 e. The third-order valence-corrected chi connectivity index (χ3v) is 2.42. The van der Waals surface area contributed by atoms with Gasteiger partial charge in [-0.15, -0.1) is 9.78 Å². The number of benzene rings is 1. The van der Waals surface area contributed by atoms with Crippen LogP contribution in [0, 0.1) is 0 Å². The standard InChI is InChI=1S/C11H8N4O2/c1-7(16)15-11-10(12-14-15)9(13-17-11)8-5-3-2-4-6-8/h2-6H,1H3. The molecule has 0 N–H and O–H groups in total. The van der Waals surface area contributed by atoms with Crippen molar-refractivity contribution in [1.82, 2.24) is 20.2 Å². The van der Waals surface area contributed by atoms with Crippen molar-refractivity contribution in [3.63, 3.8) is 0 Å². The highest BCUT2D eigenvalue weighted by molar-refractivity contribution is 5.91. The van der Waals surface area contributed by atoms with E-state index in [4.69, 9.17) is 4.52 Å². The number of rotatable bonds is 1. The fourth-order valence-electron chi connectivity index (χ4n) is 1.63. The molecule has 0 aliphatic carbocycles. The first kappa shape index (κ1) is 9.71. The summed E-state index contributed by atoms with van der Waals surface area (Å²) in [5.41, 5.74) is 2.23.